The van der Waals surface area contributed by atoms with Gasteiger partial charge in [0.05, 0.1) is 18.1 Å². The molecule has 0 saturated heterocycles. The van der Waals surface area contributed by atoms with Crippen molar-refractivity contribution in [2.75, 3.05) is 5.32 Å². The topological polar surface area (TPSA) is 112 Å². The average molecular weight is 209 g/mol. The molecule has 1 rings (SSSR count). The smallest absolute Gasteiger partial charge is 0.344 e. The highest BCUT2D eigenvalue weighted by molar-refractivity contribution is 6.12. The van der Waals surface area contributed by atoms with Gasteiger partial charge in [-0.25, -0.2) is 9.59 Å². The van der Waals surface area contributed by atoms with Crippen molar-refractivity contribution < 1.29 is 19.8 Å². The van der Waals surface area contributed by atoms with E-state index in [-0.39, 0.29) is 0 Å². The molecule has 1 aromatic heterocycles. The minimum atomic E-state index is -1.52. The highest BCUT2D eigenvalue weighted by atomic mass is 16.4. The molecule has 0 aliphatic heterocycles. The largest absolute Gasteiger partial charge is 0.477 e. The second kappa shape index (κ2) is 4.70. The maximum Gasteiger partial charge on any atom is 0.344 e. The Bertz CT molecular complexity index is 386. The Morgan fingerprint density at radius 2 is 1.93 bits per heavy atom. The lowest BCUT2D eigenvalue weighted by Crippen LogP contribution is -2.12. The summed E-state index contributed by atoms with van der Waals surface area (Å²) < 4.78 is 0. The van der Waals surface area contributed by atoms with Crippen LogP contribution in [0.5, 0.6) is 0 Å². The van der Waals surface area contributed by atoms with Crippen LogP contribution in [0.2, 0.25) is 0 Å². The third-order valence-electron chi connectivity index (χ3n) is 1.43. The number of nitrogens with zero attached hydrogens (tertiary/aromatic N) is 2. The van der Waals surface area contributed by atoms with Crippen molar-refractivity contribution in [1.29, 1.82) is 0 Å². The van der Waals surface area contributed by atoms with E-state index in [1.54, 1.807) is 0 Å². The van der Waals surface area contributed by atoms with E-state index in [0.29, 0.717) is 5.69 Å². The number of hydrogen-bond donors (Lipinski definition) is 3. The van der Waals surface area contributed by atoms with Gasteiger partial charge in [0, 0.05) is 6.20 Å². The summed E-state index contributed by atoms with van der Waals surface area (Å²) in [7, 11) is 0. The Labute approximate surface area is 84.1 Å². The number of nitrogens with one attached hydrogen (secondary N) is 1. The fraction of sp³-hybridized carbons (Fsp3) is 0. The van der Waals surface area contributed by atoms with E-state index in [9.17, 15) is 9.59 Å². The van der Waals surface area contributed by atoms with E-state index in [0.717, 1.165) is 6.20 Å². The predicted molar refractivity (Wildman–Crippen MR) is 49.0 cm³/mol. The maximum absolute atomic E-state index is 10.4. The number of hydrogen-bond acceptors (Lipinski definition) is 5. The molecule has 0 bridgehead atoms. The first-order chi connectivity index (χ1) is 7.11. The summed E-state index contributed by atoms with van der Waals surface area (Å²) >= 11 is 0. The molecule has 0 amide bonds. The molecule has 78 valence electrons. The van der Waals surface area contributed by atoms with Gasteiger partial charge in [0.25, 0.3) is 0 Å². The van der Waals surface area contributed by atoms with Crippen molar-refractivity contribution in [3.8, 4) is 0 Å². The zero-order valence-electron chi connectivity index (χ0n) is 7.41. The van der Waals surface area contributed by atoms with Gasteiger partial charge in [-0.3, -0.25) is 0 Å². The van der Waals surface area contributed by atoms with E-state index < -0.39 is 17.5 Å². The molecule has 0 atom stereocenters. The Kier molecular flexibility index (Phi) is 3.33. The third kappa shape index (κ3) is 3.07. The zero-order chi connectivity index (χ0) is 11.3. The lowest BCUT2D eigenvalue weighted by molar-refractivity contribution is -0.140. The number of anilines is 1. The highest BCUT2D eigenvalue weighted by Crippen LogP contribution is 2.03. The van der Waals surface area contributed by atoms with Gasteiger partial charge in [-0.05, 0) is 6.07 Å². The molecule has 0 saturated carbocycles. The normalized spacial score (nSPS) is 9.07. The molecule has 3 N–H and O–H groups in total. The number of carboxylic acid groups (broad SMARTS) is 2. The second-order valence-electron chi connectivity index (χ2n) is 2.44. The van der Waals surface area contributed by atoms with Crippen LogP contribution >= 0.6 is 0 Å². The van der Waals surface area contributed by atoms with Gasteiger partial charge < -0.3 is 15.5 Å². The van der Waals surface area contributed by atoms with Gasteiger partial charge in [-0.15, -0.1) is 0 Å². The van der Waals surface area contributed by atoms with E-state index in [1.807, 2.05) is 0 Å². The molecule has 0 aromatic carbocycles. The lowest BCUT2D eigenvalue weighted by atomic mass is 10.3. The van der Waals surface area contributed by atoms with E-state index in [1.165, 1.54) is 18.5 Å². The van der Waals surface area contributed by atoms with Crippen molar-refractivity contribution in [2.24, 2.45) is 0 Å². The first-order valence-corrected chi connectivity index (χ1v) is 3.81. The summed E-state index contributed by atoms with van der Waals surface area (Å²) in [6.45, 7) is 0. The minimum absolute atomic E-state index is 0.449. The van der Waals surface area contributed by atoms with E-state index in [2.05, 4.69) is 15.5 Å². The van der Waals surface area contributed by atoms with E-state index >= 15 is 0 Å². The van der Waals surface area contributed by atoms with Crippen LogP contribution in [0.1, 0.15) is 0 Å². The first-order valence-electron chi connectivity index (χ1n) is 3.81. The van der Waals surface area contributed by atoms with E-state index in [4.69, 9.17) is 10.2 Å². The number of carbonyl (C=O) groups is 2. The molecule has 0 spiro atoms. The summed E-state index contributed by atoms with van der Waals surface area (Å²) in [6.07, 6.45) is 3.59. The minimum Gasteiger partial charge on any atom is -0.477 e. The third-order valence-corrected chi connectivity index (χ3v) is 1.43. The summed E-state index contributed by atoms with van der Waals surface area (Å²) in [6, 6.07) is 1.52. The van der Waals surface area contributed by atoms with Crippen LogP contribution in [-0.4, -0.2) is 32.3 Å². The fourth-order valence-electron chi connectivity index (χ4n) is 0.747. The van der Waals surface area contributed by atoms with Crippen LogP contribution in [0.15, 0.2) is 30.2 Å². The molecular formula is C8H7N3O4. The van der Waals surface area contributed by atoms with Crippen LogP contribution in [0.25, 0.3) is 0 Å². The molecule has 0 aliphatic carbocycles. The number of aromatic nitrogens is 2. The second-order valence-corrected chi connectivity index (χ2v) is 2.44. The Morgan fingerprint density at radius 1 is 1.27 bits per heavy atom. The number of carboxylic acids is 2. The van der Waals surface area contributed by atoms with Gasteiger partial charge >= 0.3 is 11.9 Å². The molecule has 0 aliphatic rings. The van der Waals surface area contributed by atoms with Crippen molar-refractivity contribution >= 4 is 17.6 Å². The van der Waals surface area contributed by atoms with Crippen molar-refractivity contribution in [1.82, 2.24) is 10.2 Å². The molecule has 15 heavy (non-hydrogen) atoms. The quantitative estimate of drug-likeness (QED) is 0.361. The monoisotopic (exact) mass is 209 g/mol. The van der Waals surface area contributed by atoms with Crippen molar-refractivity contribution in [3.63, 3.8) is 0 Å². The van der Waals surface area contributed by atoms with Gasteiger partial charge in [0.15, 0.2) is 5.57 Å². The number of rotatable bonds is 4. The van der Waals surface area contributed by atoms with Crippen LogP contribution in [-0.2, 0) is 9.59 Å². The summed E-state index contributed by atoms with van der Waals surface area (Å²) in [5.41, 5.74) is -0.309. The van der Waals surface area contributed by atoms with Gasteiger partial charge in [0.2, 0.25) is 0 Å². The van der Waals surface area contributed by atoms with Crippen LogP contribution < -0.4 is 5.32 Å². The molecule has 0 radical (unpaired) electrons. The predicted octanol–water partition coefficient (Wildman–Crippen LogP) is -0.0584. The standard InChI is InChI=1S/C8H7N3O4/c12-7(13)6(8(14)15)4-9-5-1-2-10-11-3-5/h1-4H,(H,9,10)(H,12,13)(H,14,15). The first kappa shape index (κ1) is 10.6. The van der Waals surface area contributed by atoms with Crippen LogP contribution in [0, 0.1) is 0 Å². The lowest BCUT2D eigenvalue weighted by Gasteiger charge is -1.99. The Morgan fingerprint density at radius 3 is 2.40 bits per heavy atom. The SMILES string of the molecule is O=C(O)C(=CNc1ccnnc1)C(=O)O. The molecule has 0 fully saturated rings. The van der Waals surface area contributed by atoms with Crippen LogP contribution in [0.3, 0.4) is 0 Å². The fourth-order valence-corrected chi connectivity index (χ4v) is 0.747. The van der Waals surface area contributed by atoms with Gasteiger partial charge in [0.1, 0.15) is 0 Å². The number of aliphatic carboxylic acids is 2. The van der Waals surface area contributed by atoms with Crippen molar-refractivity contribution in [3.05, 3.63) is 30.2 Å². The molecule has 7 heteroatoms. The Balaban J connectivity index is 2.79. The summed E-state index contributed by atoms with van der Waals surface area (Å²) in [5, 5.41) is 26.5. The summed E-state index contributed by atoms with van der Waals surface area (Å²) in [4.78, 5) is 20.9. The molecule has 1 heterocycles. The van der Waals surface area contributed by atoms with Gasteiger partial charge in [-0.2, -0.15) is 10.2 Å². The average Bonchev–Trinajstić information content (AvgIpc) is 2.18. The maximum atomic E-state index is 10.4. The molecule has 0 unspecified atom stereocenters. The molecule has 1 aromatic rings. The molecular weight excluding hydrogens is 202 g/mol. The molecule has 7 nitrogen and oxygen atoms in total. The van der Waals surface area contributed by atoms with Crippen molar-refractivity contribution in [2.45, 2.75) is 0 Å². The Hall–Kier alpha value is -2.44. The van der Waals surface area contributed by atoms with Crippen LogP contribution in [0.4, 0.5) is 5.69 Å². The highest BCUT2D eigenvalue weighted by Gasteiger charge is 2.15. The van der Waals surface area contributed by atoms with Gasteiger partial charge in [-0.1, -0.05) is 0 Å². The zero-order valence-corrected chi connectivity index (χ0v) is 7.41. The summed E-state index contributed by atoms with van der Waals surface area (Å²) in [5.74, 6) is -3.03.